The van der Waals surface area contributed by atoms with Gasteiger partial charge in [0.15, 0.2) is 0 Å². The molecule has 3 aromatic rings. The number of anilines is 1. The number of thioether (sulfide) groups is 2. The minimum Gasteiger partial charge on any atom is -0.411 e. The van der Waals surface area contributed by atoms with Crippen molar-refractivity contribution in [1.29, 1.82) is 0 Å². The van der Waals surface area contributed by atoms with Gasteiger partial charge in [0.05, 0.1) is 5.75 Å². The molecule has 2 heterocycles. The number of amides is 1. The Morgan fingerprint density at radius 3 is 2.54 bits per heavy atom. The second-order valence-corrected chi connectivity index (χ2v) is 6.84. The molecule has 26 heavy (non-hydrogen) atoms. The third-order valence-corrected chi connectivity index (χ3v) is 4.56. The van der Waals surface area contributed by atoms with E-state index in [4.69, 9.17) is 4.42 Å². The van der Waals surface area contributed by atoms with E-state index in [9.17, 15) is 13.6 Å². The Bertz CT molecular complexity index is 860. The Balaban J connectivity index is 1.50. The van der Waals surface area contributed by atoms with Gasteiger partial charge >= 0.3 is 0 Å². The summed E-state index contributed by atoms with van der Waals surface area (Å²) in [6.45, 7) is 0. The van der Waals surface area contributed by atoms with Crippen molar-refractivity contribution in [3.8, 4) is 11.5 Å². The van der Waals surface area contributed by atoms with Crippen LogP contribution in [0.2, 0.25) is 0 Å². The third-order valence-electron chi connectivity index (χ3n) is 3.02. The van der Waals surface area contributed by atoms with Crippen LogP contribution in [0.5, 0.6) is 0 Å². The Hall–Kier alpha value is -2.46. The molecule has 0 unspecified atom stereocenters. The fraction of sp³-hybridized carbons (Fsp3) is 0.125. The van der Waals surface area contributed by atoms with E-state index in [-0.39, 0.29) is 16.9 Å². The van der Waals surface area contributed by atoms with Gasteiger partial charge in [0, 0.05) is 28.5 Å². The molecule has 0 aliphatic carbocycles. The summed E-state index contributed by atoms with van der Waals surface area (Å²) in [5.41, 5.74) is 1.27. The molecule has 0 saturated carbocycles. The molecule has 0 aliphatic rings. The second kappa shape index (κ2) is 8.77. The van der Waals surface area contributed by atoms with Gasteiger partial charge in [0.1, 0.15) is 0 Å². The van der Waals surface area contributed by atoms with Crippen LogP contribution in [0.3, 0.4) is 0 Å². The van der Waals surface area contributed by atoms with Gasteiger partial charge in [-0.1, -0.05) is 23.5 Å². The number of nitrogens with one attached hydrogen (secondary N) is 1. The number of pyridine rings is 1. The molecule has 3 rings (SSSR count). The fourth-order valence-corrected chi connectivity index (χ4v) is 2.99. The van der Waals surface area contributed by atoms with E-state index in [1.807, 2.05) is 0 Å². The summed E-state index contributed by atoms with van der Waals surface area (Å²) in [5, 5.41) is 10.8. The molecule has 10 heteroatoms. The maximum Gasteiger partial charge on any atom is 0.288 e. The molecule has 0 atom stereocenters. The van der Waals surface area contributed by atoms with E-state index in [2.05, 4.69) is 20.5 Å². The Labute approximate surface area is 155 Å². The van der Waals surface area contributed by atoms with Gasteiger partial charge in [0.25, 0.3) is 11.0 Å². The first-order valence-electron chi connectivity index (χ1n) is 7.31. The number of hydrogen-bond donors (Lipinski definition) is 1. The summed E-state index contributed by atoms with van der Waals surface area (Å²) in [4.78, 5) is 16.3. The lowest BCUT2D eigenvalue weighted by Crippen LogP contribution is -2.13. The minimum absolute atomic E-state index is 0.0749. The van der Waals surface area contributed by atoms with Gasteiger partial charge in [-0.2, -0.15) is 8.78 Å². The lowest BCUT2D eigenvalue weighted by molar-refractivity contribution is -0.113. The Kier molecular flexibility index (Phi) is 6.18. The maximum atomic E-state index is 12.3. The van der Waals surface area contributed by atoms with Crippen molar-refractivity contribution in [2.45, 2.75) is 15.9 Å². The quantitative estimate of drug-likeness (QED) is 0.602. The van der Waals surface area contributed by atoms with Crippen LogP contribution < -0.4 is 5.32 Å². The van der Waals surface area contributed by atoms with E-state index in [1.54, 1.807) is 36.7 Å². The number of rotatable bonds is 7. The van der Waals surface area contributed by atoms with E-state index in [0.29, 0.717) is 28.2 Å². The zero-order chi connectivity index (χ0) is 18.4. The molecular weight excluding hydrogens is 382 g/mol. The van der Waals surface area contributed by atoms with Crippen LogP contribution in [-0.2, 0) is 4.79 Å². The second-order valence-electron chi connectivity index (χ2n) is 4.85. The summed E-state index contributed by atoms with van der Waals surface area (Å²) in [7, 11) is 0. The van der Waals surface area contributed by atoms with Crippen LogP contribution in [0.15, 0.2) is 63.3 Å². The largest absolute Gasteiger partial charge is 0.411 e. The van der Waals surface area contributed by atoms with Crippen molar-refractivity contribution in [2.75, 3.05) is 11.1 Å². The normalized spacial score (nSPS) is 10.9. The lowest BCUT2D eigenvalue weighted by Gasteiger charge is -2.05. The molecule has 1 aromatic carbocycles. The fourth-order valence-electron chi connectivity index (χ4n) is 1.92. The minimum atomic E-state index is -2.47. The van der Waals surface area contributed by atoms with Crippen LogP contribution in [0.1, 0.15) is 0 Å². The first kappa shape index (κ1) is 18.3. The molecule has 0 saturated heterocycles. The van der Waals surface area contributed by atoms with Crippen molar-refractivity contribution in [2.24, 2.45) is 0 Å². The van der Waals surface area contributed by atoms with Crippen molar-refractivity contribution in [1.82, 2.24) is 15.2 Å². The first-order valence-corrected chi connectivity index (χ1v) is 9.18. The molecule has 0 bridgehead atoms. The zero-order valence-corrected chi connectivity index (χ0v) is 14.8. The summed E-state index contributed by atoms with van der Waals surface area (Å²) in [6.07, 6.45) is 3.23. The van der Waals surface area contributed by atoms with E-state index in [0.717, 1.165) is 17.3 Å². The molecule has 2 aromatic heterocycles. The van der Waals surface area contributed by atoms with Gasteiger partial charge < -0.3 is 9.73 Å². The van der Waals surface area contributed by atoms with Gasteiger partial charge in [-0.25, -0.2) is 0 Å². The molecule has 0 spiro atoms. The first-order chi connectivity index (χ1) is 12.6. The molecule has 134 valence electrons. The highest BCUT2D eigenvalue weighted by Crippen LogP contribution is 2.26. The molecule has 0 aliphatic heterocycles. The van der Waals surface area contributed by atoms with Crippen LogP contribution in [0.4, 0.5) is 14.5 Å². The average Bonchev–Trinajstić information content (AvgIpc) is 3.11. The number of carbonyl (C=O) groups excluding carboxylic acids is 1. The van der Waals surface area contributed by atoms with E-state index in [1.165, 1.54) is 12.1 Å². The lowest BCUT2D eigenvalue weighted by atomic mass is 10.3. The van der Waals surface area contributed by atoms with Crippen molar-refractivity contribution >= 4 is 35.1 Å². The Morgan fingerprint density at radius 1 is 1.12 bits per heavy atom. The molecule has 0 fully saturated rings. The predicted octanol–water partition coefficient (Wildman–Crippen LogP) is 4.18. The van der Waals surface area contributed by atoms with Gasteiger partial charge in [0.2, 0.25) is 11.8 Å². The molecule has 1 N–H and O–H groups in total. The number of hydrogen-bond acceptors (Lipinski definition) is 7. The highest BCUT2D eigenvalue weighted by atomic mass is 32.2. The number of aromatic nitrogens is 3. The number of carbonyl (C=O) groups is 1. The van der Waals surface area contributed by atoms with Gasteiger partial charge in [-0.15, -0.1) is 10.2 Å². The monoisotopic (exact) mass is 394 g/mol. The van der Waals surface area contributed by atoms with Crippen LogP contribution >= 0.6 is 23.5 Å². The summed E-state index contributed by atoms with van der Waals surface area (Å²) in [6, 6.07) is 9.68. The van der Waals surface area contributed by atoms with Gasteiger partial charge in [-0.05, 0) is 36.4 Å². The van der Waals surface area contributed by atoms with E-state index < -0.39 is 5.76 Å². The average molecular weight is 394 g/mol. The molecule has 6 nitrogen and oxygen atoms in total. The van der Waals surface area contributed by atoms with Crippen LogP contribution in [0.25, 0.3) is 11.5 Å². The number of benzene rings is 1. The highest BCUT2D eigenvalue weighted by Gasteiger charge is 2.11. The Morgan fingerprint density at radius 2 is 1.85 bits per heavy atom. The third kappa shape index (κ3) is 5.27. The highest BCUT2D eigenvalue weighted by molar-refractivity contribution is 7.99. The van der Waals surface area contributed by atoms with Crippen LogP contribution in [0, 0.1) is 0 Å². The number of halogens is 2. The number of alkyl halides is 2. The molecular formula is C16H12F2N4O2S2. The zero-order valence-electron chi connectivity index (χ0n) is 13.1. The number of nitrogens with zero attached hydrogens (tertiary/aromatic N) is 3. The summed E-state index contributed by atoms with van der Waals surface area (Å²) in [5.74, 6) is -2.32. The predicted molar refractivity (Wildman–Crippen MR) is 95.2 cm³/mol. The topological polar surface area (TPSA) is 80.9 Å². The van der Waals surface area contributed by atoms with Crippen molar-refractivity contribution in [3.63, 3.8) is 0 Å². The van der Waals surface area contributed by atoms with Gasteiger partial charge in [-0.3, -0.25) is 9.78 Å². The van der Waals surface area contributed by atoms with E-state index >= 15 is 0 Å². The maximum absolute atomic E-state index is 12.3. The van der Waals surface area contributed by atoms with Crippen molar-refractivity contribution in [3.05, 3.63) is 48.8 Å². The van der Waals surface area contributed by atoms with Crippen LogP contribution in [-0.4, -0.2) is 32.6 Å². The SMILES string of the molecule is O=C(CSc1nnc(-c2ccncc2)o1)Nc1ccc(SC(F)F)cc1. The van der Waals surface area contributed by atoms with Crippen molar-refractivity contribution < 1.29 is 18.0 Å². The summed E-state index contributed by atoms with van der Waals surface area (Å²) >= 11 is 1.56. The smallest absolute Gasteiger partial charge is 0.288 e. The molecule has 1 amide bonds. The standard InChI is InChI=1S/C16H12F2N4O2S2/c17-15(18)26-12-3-1-11(2-4-12)20-13(23)9-25-16-22-21-14(24-16)10-5-7-19-8-6-10/h1-8,15H,9H2,(H,20,23). The molecule has 0 radical (unpaired) electrons. The summed E-state index contributed by atoms with van der Waals surface area (Å²) < 4.78 is 30.0.